The van der Waals surface area contributed by atoms with Gasteiger partial charge in [-0.3, -0.25) is 9.98 Å². The second-order valence-corrected chi connectivity index (χ2v) is 6.18. The zero-order chi connectivity index (χ0) is 16.9. The molecule has 1 aromatic carbocycles. The molecule has 0 saturated carbocycles. The predicted octanol–water partition coefficient (Wildman–Crippen LogP) is 4.21. The Balaban J connectivity index is 1.65. The highest BCUT2D eigenvalue weighted by molar-refractivity contribution is 6.02. The molecule has 0 fully saturated rings. The molecule has 2 heterocycles. The van der Waals surface area contributed by atoms with Gasteiger partial charge in [0.05, 0.1) is 6.20 Å². The van der Waals surface area contributed by atoms with Gasteiger partial charge in [-0.2, -0.15) is 0 Å². The summed E-state index contributed by atoms with van der Waals surface area (Å²) in [7, 11) is 1.91. The summed E-state index contributed by atoms with van der Waals surface area (Å²) in [5, 5.41) is 3.09. The van der Waals surface area contributed by atoms with Crippen LogP contribution < -0.4 is 5.32 Å². The van der Waals surface area contributed by atoms with Crippen LogP contribution in [-0.4, -0.2) is 24.3 Å². The number of pyridine rings is 1. The molecular weight excluding hydrogens is 301 g/mol. The van der Waals surface area contributed by atoms with Crippen LogP contribution in [0.25, 0.3) is 11.1 Å². The lowest BCUT2D eigenvalue weighted by molar-refractivity contribution is 0.533. The third-order valence-corrected chi connectivity index (χ3v) is 4.53. The number of aliphatic imine (C=N–C) groups is 1. The Labute approximate surface area is 142 Å². The van der Waals surface area contributed by atoms with E-state index < -0.39 is 0 Å². The van der Waals surface area contributed by atoms with Crippen LogP contribution >= 0.6 is 0 Å². The molecule has 3 nitrogen and oxygen atoms in total. The van der Waals surface area contributed by atoms with Crippen molar-refractivity contribution in [3.05, 3.63) is 66.4 Å². The largest absolute Gasteiger partial charge is 0.392 e. The van der Waals surface area contributed by atoms with E-state index in [-0.39, 0.29) is 5.82 Å². The van der Waals surface area contributed by atoms with Crippen molar-refractivity contribution in [1.82, 2.24) is 10.3 Å². The van der Waals surface area contributed by atoms with Crippen LogP contribution in [0.1, 0.15) is 24.8 Å². The Morgan fingerprint density at radius 1 is 1.25 bits per heavy atom. The maximum Gasteiger partial charge on any atom is 0.149 e. The SMILES string of the molecule is C=C(CCC1CN=C(c2ccc(-c3ccncc3F)cc2)C1)NC. The molecule has 1 aliphatic heterocycles. The average molecular weight is 323 g/mol. The third-order valence-electron chi connectivity index (χ3n) is 4.53. The van der Waals surface area contributed by atoms with Gasteiger partial charge in [-0.1, -0.05) is 30.8 Å². The molecule has 4 heteroatoms. The predicted molar refractivity (Wildman–Crippen MR) is 96.6 cm³/mol. The van der Waals surface area contributed by atoms with Gasteiger partial charge >= 0.3 is 0 Å². The first-order valence-corrected chi connectivity index (χ1v) is 8.26. The van der Waals surface area contributed by atoms with E-state index in [4.69, 9.17) is 4.99 Å². The van der Waals surface area contributed by atoms with Crippen molar-refractivity contribution in [3.63, 3.8) is 0 Å². The zero-order valence-corrected chi connectivity index (χ0v) is 13.9. The van der Waals surface area contributed by atoms with Gasteiger partial charge in [0, 0.05) is 36.8 Å². The number of aromatic nitrogens is 1. The van der Waals surface area contributed by atoms with E-state index in [9.17, 15) is 4.39 Å². The smallest absolute Gasteiger partial charge is 0.149 e. The van der Waals surface area contributed by atoms with Crippen LogP contribution in [0.15, 0.2) is 60.0 Å². The quantitative estimate of drug-likeness (QED) is 0.864. The topological polar surface area (TPSA) is 37.3 Å². The summed E-state index contributed by atoms with van der Waals surface area (Å²) in [5.74, 6) is 0.288. The number of nitrogens with one attached hydrogen (secondary N) is 1. The Morgan fingerprint density at radius 3 is 2.71 bits per heavy atom. The molecule has 0 bridgehead atoms. The van der Waals surface area contributed by atoms with Crippen molar-refractivity contribution >= 4 is 5.71 Å². The van der Waals surface area contributed by atoms with E-state index in [1.165, 1.54) is 6.20 Å². The molecular formula is C20H22FN3. The number of rotatable bonds is 6. The monoisotopic (exact) mass is 323 g/mol. The van der Waals surface area contributed by atoms with Gasteiger partial charge in [0.25, 0.3) is 0 Å². The van der Waals surface area contributed by atoms with E-state index in [1.54, 1.807) is 12.3 Å². The molecule has 0 amide bonds. The summed E-state index contributed by atoms with van der Waals surface area (Å²) in [6, 6.07) is 9.66. The van der Waals surface area contributed by atoms with Crippen LogP contribution in [0.2, 0.25) is 0 Å². The summed E-state index contributed by atoms with van der Waals surface area (Å²) in [6.07, 6.45) is 5.95. The number of benzene rings is 1. The van der Waals surface area contributed by atoms with Gasteiger partial charge in [0.1, 0.15) is 5.82 Å². The lowest BCUT2D eigenvalue weighted by atomic mass is 9.95. The standard InChI is InChI=1S/C20H22FN3/c1-14(22-2)3-4-15-11-20(24-12-15)17-7-5-16(6-8-17)18-9-10-23-13-19(18)21/h5-10,13,15,22H,1,3-4,11-12H2,2H3. The van der Waals surface area contributed by atoms with Crippen LogP contribution in [0.3, 0.4) is 0 Å². The fourth-order valence-corrected chi connectivity index (χ4v) is 3.00. The first kappa shape index (κ1) is 16.4. The van der Waals surface area contributed by atoms with Gasteiger partial charge in [0.2, 0.25) is 0 Å². The van der Waals surface area contributed by atoms with Crippen molar-refractivity contribution in [2.75, 3.05) is 13.6 Å². The highest BCUT2D eigenvalue weighted by atomic mass is 19.1. The molecule has 0 radical (unpaired) electrons. The summed E-state index contributed by atoms with van der Waals surface area (Å²) in [6.45, 7) is 4.86. The average Bonchev–Trinajstić information content (AvgIpc) is 3.09. The molecule has 124 valence electrons. The molecule has 1 N–H and O–H groups in total. The van der Waals surface area contributed by atoms with Gasteiger partial charge < -0.3 is 5.32 Å². The third kappa shape index (κ3) is 3.70. The summed E-state index contributed by atoms with van der Waals surface area (Å²) >= 11 is 0. The second-order valence-electron chi connectivity index (χ2n) is 6.18. The molecule has 1 aliphatic rings. The summed E-state index contributed by atoms with van der Waals surface area (Å²) in [5.41, 5.74) is 4.79. The maximum absolute atomic E-state index is 13.8. The molecule has 1 atom stereocenters. The summed E-state index contributed by atoms with van der Waals surface area (Å²) < 4.78 is 13.8. The Morgan fingerprint density at radius 2 is 2.00 bits per heavy atom. The molecule has 1 unspecified atom stereocenters. The van der Waals surface area contributed by atoms with Gasteiger partial charge in [0.15, 0.2) is 0 Å². The lowest BCUT2D eigenvalue weighted by Crippen LogP contribution is -2.08. The van der Waals surface area contributed by atoms with Gasteiger partial charge in [-0.15, -0.1) is 0 Å². The minimum Gasteiger partial charge on any atom is -0.392 e. The van der Waals surface area contributed by atoms with E-state index in [0.717, 1.165) is 48.3 Å². The number of hydrogen-bond donors (Lipinski definition) is 1. The molecule has 0 saturated heterocycles. The minimum absolute atomic E-state index is 0.298. The fourth-order valence-electron chi connectivity index (χ4n) is 3.00. The second kappa shape index (κ2) is 7.39. The molecule has 0 aliphatic carbocycles. The van der Waals surface area contributed by atoms with E-state index in [0.29, 0.717) is 11.5 Å². The normalized spacial score (nSPS) is 16.8. The first-order valence-electron chi connectivity index (χ1n) is 8.26. The number of hydrogen-bond acceptors (Lipinski definition) is 3. The fraction of sp³-hybridized carbons (Fsp3) is 0.300. The molecule has 24 heavy (non-hydrogen) atoms. The van der Waals surface area contributed by atoms with Crippen molar-refractivity contribution in [3.8, 4) is 11.1 Å². The van der Waals surface area contributed by atoms with Crippen LogP contribution in [-0.2, 0) is 0 Å². The number of halogens is 1. The number of allylic oxidation sites excluding steroid dienone is 1. The Bertz CT molecular complexity index is 750. The highest BCUT2D eigenvalue weighted by Crippen LogP contribution is 2.26. The molecule has 1 aromatic heterocycles. The zero-order valence-electron chi connectivity index (χ0n) is 13.9. The molecule has 0 spiro atoms. The first-order chi connectivity index (χ1) is 11.7. The van der Waals surface area contributed by atoms with E-state index >= 15 is 0 Å². The van der Waals surface area contributed by atoms with Crippen molar-refractivity contribution < 1.29 is 4.39 Å². The Hall–Kier alpha value is -2.49. The van der Waals surface area contributed by atoms with E-state index in [2.05, 4.69) is 16.9 Å². The van der Waals surface area contributed by atoms with Crippen LogP contribution in [0, 0.1) is 11.7 Å². The van der Waals surface area contributed by atoms with Crippen molar-refractivity contribution in [2.45, 2.75) is 19.3 Å². The Kier molecular flexibility index (Phi) is 5.04. The van der Waals surface area contributed by atoms with Gasteiger partial charge in [-0.05, 0) is 42.4 Å². The molecule has 3 rings (SSSR count). The highest BCUT2D eigenvalue weighted by Gasteiger charge is 2.19. The minimum atomic E-state index is -0.298. The lowest BCUT2D eigenvalue weighted by Gasteiger charge is -2.10. The maximum atomic E-state index is 13.8. The van der Waals surface area contributed by atoms with Crippen molar-refractivity contribution in [2.24, 2.45) is 10.9 Å². The number of nitrogens with zero attached hydrogens (tertiary/aromatic N) is 2. The van der Waals surface area contributed by atoms with E-state index in [1.807, 2.05) is 31.3 Å². The van der Waals surface area contributed by atoms with Crippen molar-refractivity contribution in [1.29, 1.82) is 0 Å². The van der Waals surface area contributed by atoms with Crippen LogP contribution in [0.4, 0.5) is 4.39 Å². The molecule has 2 aromatic rings. The van der Waals surface area contributed by atoms with Crippen LogP contribution in [0.5, 0.6) is 0 Å². The van der Waals surface area contributed by atoms with Gasteiger partial charge in [-0.25, -0.2) is 4.39 Å². The summed E-state index contributed by atoms with van der Waals surface area (Å²) in [4.78, 5) is 8.48.